The number of furan rings is 1. The summed E-state index contributed by atoms with van der Waals surface area (Å²) in [4.78, 5) is 22.9. The predicted molar refractivity (Wildman–Crippen MR) is 96.8 cm³/mol. The van der Waals surface area contributed by atoms with Crippen molar-refractivity contribution in [3.05, 3.63) is 59.5 Å². The molecule has 9 heteroatoms. The first-order valence-electron chi connectivity index (χ1n) is 8.51. The molecule has 0 saturated carbocycles. The molecule has 0 radical (unpaired) electrons. The molecule has 2 N–H and O–H groups in total. The number of amides is 1. The van der Waals surface area contributed by atoms with Crippen LogP contribution in [0.3, 0.4) is 0 Å². The molecule has 1 aromatic heterocycles. The number of nitrogens with zero attached hydrogens (tertiary/aromatic N) is 1. The molecule has 1 amide bonds. The topological polar surface area (TPSA) is 117 Å². The molecule has 1 aliphatic rings. The van der Waals surface area contributed by atoms with Crippen molar-refractivity contribution in [2.24, 2.45) is 0 Å². The molecule has 0 aliphatic carbocycles. The Bertz CT molecular complexity index is 914. The Hall–Kier alpha value is -2.65. The summed E-state index contributed by atoms with van der Waals surface area (Å²) in [6.07, 6.45) is 0.957. The van der Waals surface area contributed by atoms with Gasteiger partial charge in [-0.2, -0.15) is 0 Å². The maximum atomic E-state index is 12.5. The van der Waals surface area contributed by atoms with Crippen LogP contribution in [0.15, 0.2) is 46.9 Å². The van der Waals surface area contributed by atoms with Gasteiger partial charge in [-0.05, 0) is 30.5 Å². The number of nitrogens with one attached hydrogen (secondary N) is 1. The summed E-state index contributed by atoms with van der Waals surface area (Å²) in [5, 5.41) is 11.6. The fourth-order valence-corrected chi connectivity index (χ4v) is 4.55. The summed E-state index contributed by atoms with van der Waals surface area (Å²) in [7, 11) is -3.41. The fourth-order valence-electron chi connectivity index (χ4n) is 2.99. The molecule has 2 heterocycles. The molecule has 0 unspecified atom stereocenters. The number of hydrogen-bond acceptors (Lipinski definition) is 5. The average molecular weight is 392 g/mol. The Kier molecular flexibility index (Phi) is 5.62. The van der Waals surface area contributed by atoms with Gasteiger partial charge in [0.1, 0.15) is 0 Å². The Morgan fingerprint density at radius 3 is 2.30 bits per heavy atom. The van der Waals surface area contributed by atoms with Gasteiger partial charge in [-0.1, -0.05) is 30.3 Å². The third kappa shape index (κ3) is 4.75. The van der Waals surface area contributed by atoms with Crippen molar-refractivity contribution < 1.29 is 27.5 Å². The maximum Gasteiger partial charge on any atom is 0.371 e. The van der Waals surface area contributed by atoms with Gasteiger partial charge in [0.05, 0.1) is 5.75 Å². The van der Waals surface area contributed by atoms with Gasteiger partial charge >= 0.3 is 5.97 Å². The molecule has 1 aromatic carbocycles. The van der Waals surface area contributed by atoms with Crippen molar-refractivity contribution in [1.29, 1.82) is 0 Å². The molecule has 0 bridgehead atoms. The van der Waals surface area contributed by atoms with E-state index < -0.39 is 21.9 Å². The van der Waals surface area contributed by atoms with E-state index in [1.54, 1.807) is 24.3 Å². The lowest BCUT2D eigenvalue weighted by molar-refractivity contribution is 0.0659. The minimum Gasteiger partial charge on any atom is -0.475 e. The minimum atomic E-state index is -3.41. The molecule has 27 heavy (non-hydrogen) atoms. The SMILES string of the molecule is O=C(O)c1ccc(C(=O)NC2CCN(S(=O)(=O)Cc3ccccc3)CC2)o1. The lowest BCUT2D eigenvalue weighted by Gasteiger charge is -2.31. The third-order valence-corrected chi connectivity index (χ3v) is 6.27. The van der Waals surface area contributed by atoms with Gasteiger partial charge in [0.2, 0.25) is 15.8 Å². The zero-order valence-electron chi connectivity index (χ0n) is 14.5. The van der Waals surface area contributed by atoms with E-state index in [-0.39, 0.29) is 23.3 Å². The largest absolute Gasteiger partial charge is 0.475 e. The Morgan fingerprint density at radius 2 is 1.70 bits per heavy atom. The minimum absolute atomic E-state index is 0.0464. The van der Waals surface area contributed by atoms with Gasteiger partial charge in [-0.25, -0.2) is 17.5 Å². The first-order chi connectivity index (χ1) is 12.8. The van der Waals surface area contributed by atoms with E-state index in [4.69, 9.17) is 9.52 Å². The van der Waals surface area contributed by atoms with E-state index >= 15 is 0 Å². The summed E-state index contributed by atoms with van der Waals surface area (Å²) in [5.74, 6) is -2.18. The van der Waals surface area contributed by atoms with Crippen molar-refractivity contribution in [3.8, 4) is 0 Å². The number of benzene rings is 1. The summed E-state index contributed by atoms with van der Waals surface area (Å²) in [5.41, 5.74) is 0.736. The van der Waals surface area contributed by atoms with Gasteiger partial charge in [0, 0.05) is 19.1 Å². The molecule has 0 atom stereocenters. The van der Waals surface area contributed by atoms with Crippen LogP contribution in [0.1, 0.15) is 39.5 Å². The normalized spacial score (nSPS) is 16.1. The average Bonchev–Trinajstić information content (AvgIpc) is 3.13. The molecule has 0 spiro atoms. The number of carbonyl (C=O) groups is 2. The number of carboxylic acid groups (broad SMARTS) is 1. The smallest absolute Gasteiger partial charge is 0.371 e. The van der Waals surface area contributed by atoms with Crippen molar-refractivity contribution in [2.45, 2.75) is 24.6 Å². The molecule has 3 rings (SSSR count). The highest BCUT2D eigenvalue weighted by atomic mass is 32.2. The Morgan fingerprint density at radius 1 is 1.07 bits per heavy atom. The molecule has 144 valence electrons. The summed E-state index contributed by atoms with van der Waals surface area (Å²) in [6, 6.07) is 11.3. The molecule has 1 fully saturated rings. The van der Waals surface area contributed by atoms with Gasteiger partial charge in [-0.15, -0.1) is 0 Å². The highest BCUT2D eigenvalue weighted by molar-refractivity contribution is 7.88. The molecule has 8 nitrogen and oxygen atoms in total. The second-order valence-electron chi connectivity index (χ2n) is 6.36. The first kappa shape index (κ1) is 19.1. The van der Waals surface area contributed by atoms with Crippen molar-refractivity contribution in [2.75, 3.05) is 13.1 Å². The van der Waals surface area contributed by atoms with Crippen molar-refractivity contribution >= 4 is 21.9 Å². The van der Waals surface area contributed by atoms with Crippen molar-refractivity contribution in [1.82, 2.24) is 9.62 Å². The number of hydrogen-bond donors (Lipinski definition) is 2. The zero-order valence-corrected chi connectivity index (χ0v) is 15.3. The molecule has 2 aromatic rings. The van der Waals surface area contributed by atoms with Gasteiger partial charge in [0.15, 0.2) is 5.76 Å². The first-order valence-corrected chi connectivity index (χ1v) is 10.1. The molecule has 1 saturated heterocycles. The van der Waals surface area contributed by atoms with Gasteiger partial charge in [-0.3, -0.25) is 4.79 Å². The van der Waals surface area contributed by atoms with E-state index in [0.29, 0.717) is 25.9 Å². The van der Waals surface area contributed by atoms with Gasteiger partial charge in [0.25, 0.3) is 5.91 Å². The highest BCUT2D eigenvalue weighted by Crippen LogP contribution is 2.18. The van der Waals surface area contributed by atoms with Crippen LogP contribution < -0.4 is 5.32 Å². The van der Waals surface area contributed by atoms with E-state index in [1.807, 2.05) is 6.07 Å². The Labute approximate surface area is 156 Å². The third-order valence-electron chi connectivity index (χ3n) is 4.42. The number of rotatable bonds is 6. The van der Waals surface area contributed by atoms with E-state index in [0.717, 1.165) is 5.56 Å². The van der Waals surface area contributed by atoms with E-state index in [2.05, 4.69) is 5.32 Å². The summed E-state index contributed by atoms with van der Waals surface area (Å²) in [6.45, 7) is 0.636. The standard InChI is InChI=1S/C18H20N2O6S/c21-17(15-6-7-16(26-15)18(22)23)19-14-8-10-20(11-9-14)27(24,25)12-13-4-2-1-3-5-13/h1-7,14H,8-12H2,(H,19,21)(H,22,23). The van der Waals surface area contributed by atoms with Crippen LogP contribution in [-0.4, -0.2) is 48.8 Å². The van der Waals surface area contributed by atoms with Crippen LogP contribution in [-0.2, 0) is 15.8 Å². The van der Waals surface area contributed by atoms with Crippen LogP contribution >= 0.6 is 0 Å². The molecule has 1 aliphatic heterocycles. The van der Waals surface area contributed by atoms with Gasteiger partial charge < -0.3 is 14.8 Å². The molecular formula is C18H20N2O6S. The highest BCUT2D eigenvalue weighted by Gasteiger charge is 2.29. The van der Waals surface area contributed by atoms with Crippen molar-refractivity contribution in [3.63, 3.8) is 0 Å². The fraction of sp³-hybridized carbons (Fsp3) is 0.333. The lowest BCUT2D eigenvalue weighted by Crippen LogP contribution is -2.46. The van der Waals surface area contributed by atoms with Crippen LogP contribution in [0.25, 0.3) is 0 Å². The van der Waals surface area contributed by atoms with Crippen LogP contribution in [0, 0.1) is 0 Å². The van der Waals surface area contributed by atoms with Crippen LogP contribution in [0.4, 0.5) is 0 Å². The van der Waals surface area contributed by atoms with Crippen LogP contribution in [0.5, 0.6) is 0 Å². The lowest BCUT2D eigenvalue weighted by atomic mass is 10.1. The second kappa shape index (κ2) is 7.93. The summed E-state index contributed by atoms with van der Waals surface area (Å²) < 4.78 is 31.5. The number of carbonyl (C=O) groups excluding carboxylic acids is 1. The van der Waals surface area contributed by atoms with E-state index in [1.165, 1.54) is 16.4 Å². The van der Waals surface area contributed by atoms with Crippen LogP contribution in [0.2, 0.25) is 0 Å². The number of sulfonamides is 1. The number of aromatic carboxylic acids is 1. The molecular weight excluding hydrogens is 372 g/mol. The quantitative estimate of drug-likeness (QED) is 0.773. The second-order valence-corrected chi connectivity index (χ2v) is 8.33. The summed E-state index contributed by atoms with van der Waals surface area (Å²) >= 11 is 0. The number of carboxylic acids is 1. The zero-order chi connectivity index (χ0) is 19.4. The maximum absolute atomic E-state index is 12.5. The number of piperidine rings is 1. The van der Waals surface area contributed by atoms with E-state index in [9.17, 15) is 18.0 Å². The monoisotopic (exact) mass is 392 g/mol. The Balaban J connectivity index is 1.53. The predicted octanol–water partition coefficient (Wildman–Crippen LogP) is 1.70.